The molecule has 0 aliphatic carbocycles. The van der Waals surface area contributed by atoms with E-state index < -0.39 is 5.82 Å². The first kappa shape index (κ1) is 15.3. The first-order chi connectivity index (χ1) is 10.5. The van der Waals surface area contributed by atoms with Crippen LogP contribution in [0.5, 0.6) is 0 Å². The first-order valence-corrected chi connectivity index (χ1v) is 8.15. The fourth-order valence-electron chi connectivity index (χ4n) is 2.55. The molecule has 0 atom stereocenters. The Morgan fingerprint density at radius 3 is 2.64 bits per heavy atom. The monoisotopic (exact) mass is 322 g/mol. The largest absolute Gasteiger partial charge is 0.348 e. The van der Waals surface area contributed by atoms with Crippen molar-refractivity contribution >= 4 is 22.8 Å². The summed E-state index contributed by atoms with van der Waals surface area (Å²) in [6.07, 6.45) is 2.52. The number of carbonyl (C=O) groups is 1. The zero-order chi connectivity index (χ0) is 15.7. The van der Waals surface area contributed by atoms with Crippen LogP contribution in [0, 0.1) is 5.82 Å². The molecular formula is C15H19FN4OS. The summed E-state index contributed by atoms with van der Waals surface area (Å²) in [7, 11) is 0. The van der Waals surface area contributed by atoms with Crippen LogP contribution in [-0.4, -0.2) is 63.3 Å². The molecule has 1 saturated heterocycles. The maximum atomic E-state index is 13.7. The number of thioether (sulfide) groups is 1. The summed E-state index contributed by atoms with van der Waals surface area (Å²) in [5.41, 5.74) is 0.0946. The summed E-state index contributed by atoms with van der Waals surface area (Å²) in [5.74, 6) is -0.826. The van der Waals surface area contributed by atoms with Crippen molar-refractivity contribution in [2.24, 2.45) is 4.99 Å². The molecule has 22 heavy (non-hydrogen) atoms. The van der Waals surface area contributed by atoms with Gasteiger partial charge in [-0.05, 0) is 19.9 Å². The average Bonchev–Trinajstić information content (AvgIpc) is 2.87. The van der Waals surface area contributed by atoms with E-state index in [1.165, 1.54) is 12.3 Å². The van der Waals surface area contributed by atoms with Crippen molar-refractivity contribution in [2.45, 2.75) is 18.6 Å². The molecule has 0 aromatic carbocycles. The van der Waals surface area contributed by atoms with Crippen molar-refractivity contribution in [2.75, 3.05) is 32.7 Å². The SMILES string of the molecule is CC1(C)CN=C(N2CCN(C(=O)c3ccncc3F)CC2)S1. The van der Waals surface area contributed by atoms with E-state index in [1.807, 2.05) is 0 Å². The van der Waals surface area contributed by atoms with Gasteiger partial charge in [-0.1, -0.05) is 11.8 Å². The van der Waals surface area contributed by atoms with Crippen molar-refractivity contribution in [3.05, 3.63) is 29.8 Å². The molecule has 0 N–H and O–H groups in total. The van der Waals surface area contributed by atoms with Crippen molar-refractivity contribution in [3.8, 4) is 0 Å². The fourth-order valence-corrected chi connectivity index (χ4v) is 3.62. The van der Waals surface area contributed by atoms with Crippen LogP contribution in [0.15, 0.2) is 23.5 Å². The molecule has 1 fully saturated rings. The Morgan fingerprint density at radius 1 is 1.32 bits per heavy atom. The maximum absolute atomic E-state index is 13.7. The van der Waals surface area contributed by atoms with Gasteiger partial charge < -0.3 is 9.80 Å². The zero-order valence-corrected chi connectivity index (χ0v) is 13.6. The van der Waals surface area contributed by atoms with Crippen molar-refractivity contribution < 1.29 is 9.18 Å². The minimum absolute atomic E-state index is 0.0946. The van der Waals surface area contributed by atoms with E-state index >= 15 is 0 Å². The number of aromatic nitrogens is 1. The summed E-state index contributed by atoms with van der Waals surface area (Å²) in [5, 5.41) is 1.06. The molecule has 118 valence electrons. The molecule has 1 amide bonds. The number of hydrogen-bond donors (Lipinski definition) is 0. The second kappa shape index (κ2) is 5.87. The molecule has 3 heterocycles. The second-order valence-electron chi connectivity index (χ2n) is 6.10. The van der Waals surface area contributed by atoms with E-state index in [4.69, 9.17) is 0 Å². The van der Waals surface area contributed by atoms with Gasteiger partial charge in [0.05, 0.1) is 18.3 Å². The summed E-state index contributed by atoms with van der Waals surface area (Å²) in [6, 6.07) is 1.43. The van der Waals surface area contributed by atoms with Crippen LogP contribution in [0.4, 0.5) is 4.39 Å². The molecule has 1 aromatic heterocycles. The smallest absolute Gasteiger partial charge is 0.257 e. The topological polar surface area (TPSA) is 48.8 Å². The number of aliphatic imine (C=N–C) groups is 1. The Labute approximate surface area is 133 Å². The standard InChI is InChI=1S/C15H19FN4OS/c1-15(2)10-18-14(22-15)20-7-5-19(6-8-20)13(21)11-3-4-17-9-12(11)16/h3-4,9H,5-8,10H2,1-2H3. The third-order valence-corrected chi connectivity index (χ3v) is 5.05. The van der Waals surface area contributed by atoms with Crippen LogP contribution in [-0.2, 0) is 0 Å². The number of piperazine rings is 1. The number of nitrogens with zero attached hydrogens (tertiary/aromatic N) is 4. The van der Waals surface area contributed by atoms with Crippen LogP contribution in [0.2, 0.25) is 0 Å². The first-order valence-electron chi connectivity index (χ1n) is 7.33. The average molecular weight is 322 g/mol. The lowest BCUT2D eigenvalue weighted by Crippen LogP contribution is -2.50. The number of carbonyl (C=O) groups excluding carboxylic acids is 1. The summed E-state index contributed by atoms with van der Waals surface area (Å²) in [4.78, 5) is 24.5. The highest BCUT2D eigenvalue weighted by atomic mass is 32.2. The molecule has 0 spiro atoms. The van der Waals surface area contributed by atoms with Crippen molar-refractivity contribution in [3.63, 3.8) is 0 Å². The predicted molar refractivity (Wildman–Crippen MR) is 85.6 cm³/mol. The van der Waals surface area contributed by atoms with Gasteiger partial charge in [-0.2, -0.15) is 0 Å². The molecule has 2 aliphatic heterocycles. The quantitative estimate of drug-likeness (QED) is 0.792. The molecule has 0 bridgehead atoms. The van der Waals surface area contributed by atoms with Crippen LogP contribution in [0.1, 0.15) is 24.2 Å². The Bertz CT molecular complexity index is 611. The van der Waals surface area contributed by atoms with E-state index in [9.17, 15) is 9.18 Å². The highest BCUT2D eigenvalue weighted by Gasteiger charge is 2.32. The second-order valence-corrected chi connectivity index (χ2v) is 7.77. The molecule has 0 unspecified atom stereocenters. The fraction of sp³-hybridized carbons (Fsp3) is 0.533. The highest BCUT2D eigenvalue weighted by Crippen LogP contribution is 2.33. The Balaban J connectivity index is 1.61. The van der Waals surface area contributed by atoms with Crippen LogP contribution < -0.4 is 0 Å². The van der Waals surface area contributed by atoms with Gasteiger partial charge >= 0.3 is 0 Å². The highest BCUT2D eigenvalue weighted by molar-refractivity contribution is 8.15. The number of pyridine rings is 1. The maximum Gasteiger partial charge on any atom is 0.257 e. The minimum Gasteiger partial charge on any atom is -0.348 e. The molecule has 7 heteroatoms. The number of amidine groups is 1. The molecular weight excluding hydrogens is 303 g/mol. The normalized spacial score (nSPS) is 21.0. The van der Waals surface area contributed by atoms with Gasteiger partial charge in [-0.15, -0.1) is 0 Å². The van der Waals surface area contributed by atoms with Crippen LogP contribution in [0.3, 0.4) is 0 Å². The van der Waals surface area contributed by atoms with E-state index in [-0.39, 0.29) is 16.2 Å². The van der Waals surface area contributed by atoms with Gasteiger partial charge in [0.15, 0.2) is 11.0 Å². The Kier molecular flexibility index (Phi) is 4.08. The van der Waals surface area contributed by atoms with E-state index in [1.54, 1.807) is 16.7 Å². The van der Waals surface area contributed by atoms with Gasteiger partial charge in [0.1, 0.15) is 0 Å². The molecule has 5 nitrogen and oxygen atoms in total. The van der Waals surface area contributed by atoms with E-state index in [2.05, 4.69) is 28.7 Å². The number of rotatable bonds is 1. The van der Waals surface area contributed by atoms with Gasteiger partial charge in [-0.3, -0.25) is 14.8 Å². The lowest BCUT2D eigenvalue weighted by atomic mass is 10.2. The summed E-state index contributed by atoms with van der Waals surface area (Å²) >= 11 is 1.79. The number of amides is 1. The van der Waals surface area contributed by atoms with Gasteiger partial charge in [0.2, 0.25) is 0 Å². The van der Waals surface area contributed by atoms with Gasteiger partial charge in [-0.25, -0.2) is 4.39 Å². The molecule has 1 aromatic rings. The minimum atomic E-state index is -0.563. The van der Waals surface area contributed by atoms with Gasteiger partial charge in [0, 0.05) is 37.1 Å². The predicted octanol–water partition coefficient (Wildman–Crippen LogP) is 1.86. The number of halogens is 1. The Hall–Kier alpha value is -1.63. The summed E-state index contributed by atoms with van der Waals surface area (Å²) in [6.45, 7) is 7.83. The third kappa shape index (κ3) is 3.09. The zero-order valence-electron chi connectivity index (χ0n) is 12.8. The number of hydrogen-bond acceptors (Lipinski definition) is 5. The molecule has 3 rings (SSSR count). The lowest BCUT2D eigenvalue weighted by Gasteiger charge is -2.36. The van der Waals surface area contributed by atoms with E-state index in [0.29, 0.717) is 13.1 Å². The van der Waals surface area contributed by atoms with Crippen molar-refractivity contribution in [1.29, 1.82) is 0 Å². The third-order valence-electron chi connectivity index (χ3n) is 3.80. The van der Waals surface area contributed by atoms with Crippen LogP contribution in [0.25, 0.3) is 0 Å². The van der Waals surface area contributed by atoms with Gasteiger partial charge in [0.25, 0.3) is 5.91 Å². The lowest BCUT2D eigenvalue weighted by molar-refractivity contribution is 0.0689. The Morgan fingerprint density at radius 2 is 2.05 bits per heavy atom. The van der Waals surface area contributed by atoms with Crippen molar-refractivity contribution in [1.82, 2.24) is 14.8 Å². The van der Waals surface area contributed by atoms with E-state index in [0.717, 1.165) is 31.0 Å². The van der Waals surface area contributed by atoms with Crippen LogP contribution >= 0.6 is 11.8 Å². The molecule has 2 aliphatic rings. The molecule has 0 radical (unpaired) electrons. The summed E-state index contributed by atoms with van der Waals surface area (Å²) < 4.78 is 13.8. The molecule has 0 saturated carbocycles.